The summed E-state index contributed by atoms with van der Waals surface area (Å²) in [5.74, 6) is 0.812. The molecular formula is C17H22N2O. The minimum absolute atomic E-state index is 0.118. The zero-order chi connectivity index (χ0) is 13.9. The van der Waals surface area contributed by atoms with Gasteiger partial charge in [-0.1, -0.05) is 30.3 Å². The maximum atomic E-state index is 12.3. The second-order valence-corrected chi connectivity index (χ2v) is 5.90. The number of carbonyl (C=O) groups excluding carboxylic acids is 1. The van der Waals surface area contributed by atoms with E-state index in [1.165, 1.54) is 25.9 Å². The van der Waals surface area contributed by atoms with Gasteiger partial charge in [-0.25, -0.2) is 0 Å². The van der Waals surface area contributed by atoms with Crippen molar-refractivity contribution in [3.63, 3.8) is 0 Å². The highest BCUT2D eigenvalue weighted by molar-refractivity contribution is 5.91. The molecule has 0 N–H and O–H groups in total. The van der Waals surface area contributed by atoms with E-state index in [0.717, 1.165) is 12.1 Å². The van der Waals surface area contributed by atoms with E-state index in [1.807, 2.05) is 48.4 Å². The third-order valence-electron chi connectivity index (χ3n) is 4.68. The van der Waals surface area contributed by atoms with Crippen molar-refractivity contribution in [2.24, 2.45) is 5.92 Å². The van der Waals surface area contributed by atoms with E-state index in [1.54, 1.807) is 6.08 Å². The topological polar surface area (TPSA) is 23.6 Å². The molecule has 3 heteroatoms. The number of fused-ring (bicyclic) bond motifs is 3. The van der Waals surface area contributed by atoms with E-state index in [-0.39, 0.29) is 5.91 Å². The van der Waals surface area contributed by atoms with Crippen LogP contribution in [0.4, 0.5) is 0 Å². The third-order valence-corrected chi connectivity index (χ3v) is 4.68. The van der Waals surface area contributed by atoms with Crippen molar-refractivity contribution in [3.05, 3.63) is 42.0 Å². The summed E-state index contributed by atoms with van der Waals surface area (Å²) in [6.45, 7) is 3.47. The average molecular weight is 270 g/mol. The van der Waals surface area contributed by atoms with E-state index in [9.17, 15) is 4.79 Å². The van der Waals surface area contributed by atoms with Gasteiger partial charge in [-0.3, -0.25) is 4.79 Å². The van der Waals surface area contributed by atoms with Gasteiger partial charge in [-0.15, -0.1) is 0 Å². The fraction of sp³-hybridized carbons (Fsp3) is 0.471. The number of benzene rings is 1. The van der Waals surface area contributed by atoms with Crippen molar-refractivity contribution in [2.45, 2.75) is 18.9 Å². The van der Waals surface area contributed by atoms with Gasteiger partial charge in [-0.2, -0.15) is 0 Å². The van der Waals surface area contributed by atoms with Gasteiger partial charge in [0.1, 0.15) is 0 Å². The number of piperidine rings is 3. The molecule has 3 fully saturated rings. The van der Waals surface area contributed by atoms with Crippen molar-refractivity contribution in [1.82, 2.24) is 9.80 Å². The Morgan fingerprint density at radius 2 is 1.95 bits per heavy atom. The first-order valence-corrected chi connectivity index (χ1v) is 7.46. The van der Waals surface area contributed by atoms with Crippen LogP contribution in [-0.4, -0.2) is 48.4 Å². The zero-order valence-electron chi connectivity index (χ0n) is 12.0. The Balaban J connectivity index is 1.64. The van der Waals surface area contributed by atoms with Crippen LogP contribution >= 0.6 is 0 Å². The van der Waals surface area contributed by atoms with Gasteiger partial charge >= 0.3 is 0 Å². The minimum atomic E-state index is 0.118. The first-order valence-electron chi connectivity index (χ1n) is 7.46. The summed E-state index contributed by atoms with van der Waals surface area (Å²) in [4.78, 5) is 16.7. The summed E-state index contributed by atoms with van der Waals surface area (Å²) in [6, 6.07) is 10.4. The van der Waals surface area contributed by atoms with Crippen molar-refractivity contribution < 1.29 is 4.79 Å². The van der Waals surface area contributed by atoms with Crippen LogP contribution in [0.2, 0.25) is 0 Å². The van der Waals surface area contributed by atoms with Crippen molar-refractivity contribution in [1.29, 1.82) is 0 Å². The lowest BCUT2D eigenvalue weighted by molar-refractivity contribution is -0.130. The van der Waals surface area contributed by atoms with Crippen LogP contribution in [0.1, 0.15) is 18.4 Å². The number of nitrogens with zero attached hydrogens (tertiary/aromatic N) is 2. The number of amides is 1. The van der Waals surface area contributed by atoms with Gasteiger partial charge in [0.25, 0.3) is 0 Å². The highest BCUT2D eigenvalue weighted by atomic mass is 16.2. The molecule has 3 nitrogen and oxygen atoms in total. The second-order valence-electron chi connectivity index (χ2n) is 5.90. The smallest absolute Gasteiger partial charge is 0.246 e. The Bertz CT molecular complexity index is 489. The highest BCUT2D eigenvalue weighted by Gasteiger charge is 2.37. The van der Waals surface area contributed by atoms with E-state index < -0.39 is 0 Å². The van der Waals surface area contributed by atoms with E-state index in [2.05, 4.69) is 4.90 Å². The van der Waals surface area contributed by atoms with Crippen LogP contribution in [0.3, 0.4) is 0 Å². The minimum Gasteiger partial charge on any atom is -0.338 e. The predicted molar refractivity (Wildman–Crippen MR) is 81.2 cm³/mol. The molecule has 3 aliphatic rings. The van der Waals surface area contributed by atoms with Gasteiger partial charge in [-0.05, 0) is 43.5 Å². The molecular weight excluding hydrogens is 248 g/mol. The number of carbonyl (C=O) groups is 1. The zero-order valence-corrected chi connectivity index (χ0v) is 12.0. The van der Waals surface area contributed by atoms with Crippen LogP contribution in [0.15, 0.2) is 36.4 Å². The molecule has 2 bridgehead atoms. The largest absolute Gasteiger partial charge is 0.338 e. The van der Waals surface area contributed by atoms with Crippen LogP contribution < -0.4 is 0 Å². The summed E-state index contributed by atoms with van der Waals surface area (Å²) < 4.78 is 0. The van der Waals surface area contributed by atoms with Gasteiger partial charge < -0.3 is 9.80 Å². The van der Waals surface area contributed by atoms with E-state index >= 15 is 0 Å². The molecule has 0 aromatic heterocycles. The normalized spacial score (nSPS) is 28.8. The van der Waals surface area contributed by atoms with E-state index in [4.69, 9.17) is 0 Å². The molecule has 3 heterocycles. The third kappa shape index (κ3) is 2.78. The molecule has 1 atom stereocenters. The van der Waals surface area contributed by atoms with Crippen LogP contribution in [0.25, 0.3) is 6.08 Å². The van der Waals surface area contributed by atoms with Crippen LogP contribution in [-0.2, 0) is 4.79 Å². The van der Waals surface area contributed by atoms with Gasteiger partial charge in [0.15, 0.2) is 0 Å². The molecule has 0 radical (unpaired) electrons. The molecule has 0 saturated carbocycles. The van der Waals surface area contributed by atoms with Crippen molar-refractivity contribution in [2.75, 3.05) is 26.7 Å². The number of rotatable bonds is 3. The van der Waals surface area contributed by atoms with Crippen LogP contribution in [0.5, 0.6) is 0 Å². The summed E-state index contributed by atoms with van der Waals surface area (Å²) in [5.41, 5.74) is 1.07. The van der Waals surface area contributed by atoms with E-state index in [0.29, 0.717) is 12.0 Å². The van der Waals surface area contributed by atoms with Gasteiger partial charge in [0, 0.05) is 25.7 Å². The molecule has 4 rings (SSSR count). The first kappa shape index (κ1) is 13.4. The Morgan fingerprint density at radius 1 is 1.25 bits per heavy atom. The molecule has 0 aliphatic carbocycles. The monoisotopic (exact) mass is 270 g/mol. The fourth-order valence-corrected chi connectivity index (χ4v) is 3.39. The maximum absolute atomic E-state index is 12.3. The van der Waals surface area contributed by atoms with Gasteiger partial charge in [0.2, 0.25) is 5.91 Å². The summed E-state index contributed by atoms with van der Waals surface area (Å²) in [7, 11) is 1.95. The average Bonchev–Trinajstić information content (AvgIpc) is 2.54. The molecule has 106 valence electrons. The molecule has 3 aliphatic heterocycles. The molecule has 20 heavy (non-hydrogen) atoms. The highest BCUT2D eigenvalue weighted by Crippen LogP contribution is 2.30. The Hall–Kier alpha value is -1.61. The summed E-state index contributed by atoms with van der Waals surface area (Å²) in [5, 5.41) is 0. The molecule has 1 unspecified atom stereocenters. The molecule has 1 aromatic carbocycles. The van der Waals surface area contributed by atoms with Gasteiger partial charge in [0.05, 0.1) is 0 Å². The Morgan fingerprint density at radius 3 is 2.55 bits per heavy atom. The van der Waals surface area contributed by atoms with Crippen LogP contribution in [0, 0.1) is 5.92 Å². The molecule has 1 amide bonds. The Labute approximate surface area is 120 Å². The maximum Gasteiger partial charge on any atom is 0.246 e. The van der Waals surface area contributed by atoms with Crippen molar-refractivity contribution in [3.8, 4) is 0 Å². The van der Waals surface area contributed by atoms with Crippen molar-refractivity contribution >= 4 is 12.0 Å². The standard InChI is InChI=1S/C17H22N2O/c1-18(16-13-19-11-9-15(16)10-12-19)17(20)8-7-14-5-3-2-4-6-14/h2-8,15-16H,9-13H2,1H3/b8-7+. The second kappa shape index (κ2) is 5.80. The fourth-order valence-electron chi connectivity index (χ4n) is 3.39. The number of hydrogen-bond donors (Lipinski definition) is 0. The molecule has 0 spiro atoms. The SMILES string of the molecule is CN(C(=O)/C=C/c1ccccc1)C1CN2CCC1CC2. The Kier molecular flexibility index (Phi) is 3.88. The number of hydrogen-bond acceptors (Lipinski definition) is 2. The summed E-state index contributed by atoms with van der Waals surface area (Å²) >= 11 is 0. The summed E-state index contributed by atoms with van der Waals surface area (Å²) in [6.07, 6.45) is 6.09. The lowest BCUT2D eigenvalue weighted by Gasteiger charge is -2.47. The first-order chi connectivity index (χ1) is 9.74. The quantitative estimate of drug-likeness (QED) is 0.787. The predicted octanol–water partition coefficient (Wildman–Crippen LogP) is 2.25. The lowest BCUT2D eigenvalue weighted by Crippen LogP contribution is -2.57. The molecule has 1 aromatic rings. The lowest BCUT2D eigenvalue weighted by atomic mass is 9.83. The number of likely N-dealkylation sites (N-methyl/N-ethyl adjacent to an activating group) is 1. The molecule has 3 saturated heterocycles.